The number of aliphatic hydroxyl groups excluding tert-OH is 5. The monoisotopic (exact) mass is 503 g/mol. The lowest BCUT2D eigenvalue weighted by molar-refractivity contribution is -0.140. The molecule has 0 aromatic carbocycles. The number of methoxy groups -OCH3 is 1. The number of nitrogens with zero attached hydrogens (tertiary/aromatic N) is 1. The molecule has 35 heavy (non-hydrogen) atoms. The van der Waals surface area contributed by atoms with Crippen molar-refractivity contribution in [3.05, 3.63) is 12.2 Å². The number of aliphatic hydroxyl groups is 5. The molecule has 0 heterocycles. The second-order valence-corrected chi connectivity index (χ2v) is 9.47. The zero-order valence-corrected chi connectivity index (χ0v) is 22.2. The number of hydrogen-bond acceptors (Lipinski definition) is 7. The van der Waals surface area contributed by atoms with Crippen LogP contribution in [-0.2, 0) is 9.53 Å². The summed E-state index contributed by atoms with van der Waals surface area (Å²) in [6, 6.07) is 0. The van der Waals surface area contributed by atoms with Gasteiger partial charge in [-0.3, -0.25) is 4.79 Å². The molecule has 8 nitrogen and oxygen atoms in total. The van der Waals surface area contributed by atoms with E-state index in [1.807, 2.05) is 0 Å². The molecule has 0 saturated heterocycles. The highest BCUT2D eigenvalue weighted by Crippen LogP contribution is 2.12. The number of hydrogen-bond donors (Lipinski definition) is 5. The van der Waals surface area contributed by atoms with Crippen LogP contribution in [-0.4, -0.2) is 94.2 Å². The van der Waals surface area contributed by atoms with Crippen molar-refractivity contribution in [2.45, 2.75) is 121 Å². The maximum atomic E-state index is 12.6. The summed E-state index contributed by atoms with van der Waals surface area (Å²) in [6.45, 7) is 1.84. The Labute approximate surface area is 213 Å². The van der Waals surface area contributed by atoms with Crippen LogP contribution >= 0.6 is 0 Å². The van der Waals surface area contributed by atoms with E-state index in [0.29, 0.717) is 6.42 Å². The fourth-order valence-electron chi connectivity index (χ4n) is 3.92. The highest BCUT2D eigenvalue weighted by molar-refractivity contribution is 5.76. The molecule has 0 rings (SSSR count). The predicted octanol–water partition coefficient (Wildman–Crippen LogP) is 2.93. The van der Waals surface area contributed by atoms with Gasteiger partial charge >= 0.3 is 0 Å². The third-order valence-electron chi connectivity index (χ3n) is 6.30. The molecule has 0 unspecified atom stereocenters. The van der Waals surface area contributed by atoms with E-state index in [1.54, 1.807) is 0 Å². The summed E-state index contributed by atoms with van der Waals surface area (Å²) in [5, 5.41) is 48.4. The van der Waals surface area contributed by atoms with E-state index >= 15 is 0 Å². The Kier molecular flexibility index (Phi) is 22.7. The molecule has 0 radical (unpaired) electrons. The number of carbonyl (C=O) groups is 1. The highest BCUT2D eigenvalue weighted by atomic mass is 16.5. The molecule has 0 aromatic heterocycles. The molecular formula is C27H53NO7. The third kappa shape index (κ3) is 18.0. The standard InChI is InChI=1S/C27H53NO7/c1-3-4-5-6-7-8-9-10-11-12-13-14-15-16-17-18-25(32)28(19-20-35-2)21-23(30)26(33)27(34)24(31)22-29/h10-11,23-24,26-27,29-31,33-34H,3-9,12-22H2,1-2H3/t23-,24+,26+,27+/m0/s1. The first-order valence-electron chi connectivity index (χ1n) is 13.6. The first-order valence-corrected chi connectivity index (χ1v) is 13.6. The largest absolute Gasteiger partial charge is 0.394 e. The Morgan fingerprint density at radius 2 is 1.31 bits per heavy atom. The van der Waals surface area contributed by atoms with Gasteiger partial charge in [0.2, 0.25) is 5.91 Å². The van der Waals surface area contributed by atoms with Gasteiger partial charge in [-0.15, -0.1) is 0 Å². The smallest absolute Gasteiger partial charge is 0.222 e. The number of amides is 1. The zero-order chi connectivity index (χ0) is 26.3. The minimum atomic E-state index is -1.71. The molecule has 1 amide bonds. The zero-order valence-electron chi connectivity index (χ0n) is 22.2. The van der Waals surface area contributed by atoms with Gasteiger partial charge in [-0.1, -0.05) is 70.4 Å². The normalized spacial score (nSPS) is 15.3. The van der Waals surface area contributed by atoms with Gasteiger partial charge < -0.3 is 35.2 Å². The summed E-state index contributed by atoms with van der Waals surface area (Å²) in [7, 11) is 1.51. The molecule has 0 fully saturated rings. The lowest BCUT2D eigenvalue weighted by atomic mass is 10.0. The lowest BCUT2D eigenvalue weighted by Crippen LogP contribution is -2.51. The second-order valence-electron chi connectivity index (χ2n) is 9.47. The number of ether oxygens (including phenoxy) is 1. The van der Waals surface area contributed by atoms with Gasteiger partial charge in [0.15, 0.2) is 0 Å². The van der Waals surface area contributed by atoms with Crippen molar-refractivity contribution in [1.29, 1.82) is 0 Å². The van der Waals surface area contributed by atoms with Crippen molar-refractivity contribution in [3.63, 3.8) is 0 Å². The van der Waals surface area contributed by atoms with Crippen molar-refractivity contribution in [1.82, 2.24) is 4.90 Å². The summed E-state index contributed by atoms with van der Waals surface area (Å²) in [5.41, 5.74) is 0. The molecule has 4 atom stereocenters. The Balaban J connectivity index is 4.06. The molecule has 0 spiro atoms. The van der Waals surface area contributed by atoms with Gasteiger partial charge in [0.1, 0.15) is 24.4 Å². The van der Waals surface area contributed by atoms with Crippen molar-refractivity contribution < 1.29 is 35.1 Å². The van der Waals surface area contributed by atoms with E-state index in [-0.39, 0.29) is 25.6 Å². The number of carbonyl (C=O) groups excluding carboxylic acids is 1. The van der Waals surface area contributed by atoms with Crippen LogP contribution in [0.4, 0.5) is 0 Å². The van der Waals surface area contributed by atoms with Crippen LogP contribution < -0.4 is 0 Å². The number of rotatable bonds is 24. The summed E-state index contributed by atoms with van der Waals surface area (Å²) in [4.78, 5) is 14.0. The molecule has 0 aliphatic carbocycles. The molecule has 0 bridgehead atoms. The fraction of sp³-hybridized carbons (Fsp3) is 0.889. The van der Waals surface area contributed by atoms with Crippen molar-refractivity contribution in [2.24, 2.45) is 0 Å². The van der Waals surface area contributed by atoms with Crippen molar-refractivity contribution in [2.75, 3.05) is 33.4 Å². The Morgan fingerprint density at radius 1 is 0.800 bits per heavy atom. The van der Waals surface area contributed by atoms with Crippen LogP contribution in [0.3, 0.4) is 0 Å². The maximum Gasteiger partial charge on any atom is 0.222 e. The quantitative estimate of drug-likeness (QED) is 0.101. The predicted molar refractivity (Wildman–Crippen MR) is 139 cm³/mol. The first kappa shape index (κ1) is 34.0. The van der Waals surface area contributed by atoms with Crippen molar-refractivity contribution >= 4 is 5.91 Å². The Hall–Kier alpha value is -1.03. The highest BCUT2D eigenvalue weighted by Gasteiger charge is 2.31. The molecule has 8 heteroatoms. The van der Waals surface area contributed by atoms with E-state index in [4.69, 9.17) is 9.84 Å². The van der Waals surface area contributed by atoms with Crippen LogP contribution in [0.5, 0.6) is 0 Å². The maximum absolute atomic E-state index is 12.6. The Morgan fingerprint density at radius 3 is 1.86 bits per heavy atom. The van der Waals surface area contributed by atoms with Crippen LogP contribution in [0.15, 0.2) is 12.2 Å². The number of allylic oxidation sites excluding steroid dienone is 2. The minimum absolute atomic E-state index is 0.150. The Bertz CT molecular complexity index is 518. The fourth-order valence-corrected chi connectivity index (χ4v) is 3.92. The number of unbranched alkanes of at least 4 members (excludes halogenated alkanes) is 11. The van der Waals surface area contributed by atoms with Gasteiger partial charge in [-0.05, 0) is 32.1 Å². The second kappa shape index (κ2) is 23.4. The summed E-state index contributed by atoms with van der Waals surface area (Å²) in [5.74, 6) is -0.150. The van der Waals surface area contributed by atoms with Gasteiger partial charge in [0.25, 0.3) is 0 Å². The van der Waals surface area contributed by atoms with Gasteiger partial charge in [0.05, 0.1) is 13.2 Å². The molecule has 0 saturated carbocycles. The topological polar surface area (TPSA) is 131 Å². The van der Waals surface area contributed by atoms with Gasteiger partial charge in [-0.2, -0.15) is 0 Å². The molecule has 0 aromatic rings. The van der Waals surface area contributed by atoms with Crippen molar-refractivity contribution in [3.8, 4) is 0 Å². The molecule has 0 aliphatic rings. The molecular weight excluding hydrogens is 450 g/mol. The van der Waals surface area contributed by atoms with Crippen LogP contribution in [0.1, 0.15) is 96.8 Å². The van der Waals surface area contributed by atoms with Gasteiger partial charge in [-0.25, -0.2) is 0 Å². The van der Waals surface area contributed by atoms with E-state index in [0.717, 1.165) is 38.5 Å². The van der Waals surface area contributed by atoms with Gasteiger partial charge in [0, 0.05) is 26.6 Å². The molecule has 208 valence electrons. The summed E-state index contributed by atoms with van der Waals surface area (Å²) >= 11 is 0. The molecule has 5 N–H and O–H groups in total. The molecule has 0 aliphatic heterocycles. The average molecular weight is 504 g/mol. The van der Waals surface area contributed by atoms with Crippen LogP contribution in [0.25, 0.3) is 0 Å². The van der Waals surface area contributed by atoms with E-state index in [1.165, 1.54) is 57.0 Å². The van der Waals surface area contributed by atoms with E-state index in [9.17, 15) is 25.2 Å². The average Bonchev–Trinajstić information content (AvgIpc) is 2.86. The van der Waals surface area contributed by atoms with E-state index in [2.05, 4.69) is 19.1 Å². The minimum Gasteiger partial charge on any atom is -0.394 e. The SMILES string of the molecule is CCCCCCCCC=CCCCCCCCC(=O)N(CCOC)C[C@H](O)[C@@H](O)[C@H](O)[C@H](O)CO. The summed E-state index contributed by atoms with van der Waals surface area (Å²) < 4.78 is 5.03. The van der Waals surface area contributed by atoms with Crippen LogP contribution in [0.2, 0.25) is 0 Å². The third-order valence-corrected chi connectivity index (χ3v) is 6.30. The lowest BCUT2D eigenvalue weighted by Gasteiger charge is -2.30. The first-order chi connectivity index (χ1) is 16.9. The van der Waals surface area contributed by atoms with Crippen LogP contribution in [0, 0.1) is 0 Å². The summed E-state index contributed by atoms with van der Waals surface area (Å²) in [6.07, 6.45) is 13.9. The van der Waals surface area contributed by atoms with E-state index < -0.39 is 31.0 Å².